The highest BCUT2D eigenvalue weighted by atomic mass is 16.5. The number of carbonyl (C=O) groups excluding carboxylic acids is 2. The Morgan fingerprint density at radius 3 is 2.47 bits per heavy atom. The van der Waals surface area contributed by atoms with Crippen LogP contribution < -0.4 is 4.74 Å². The van der Waals surface area contributed by atoms with E-state index in [4.69, 9.17) is 4.74 Å². The quantitative estimate of drug-likeness (QED) is 0.838. The number of methoxy groups -OCH3 is 1. The van der Waals surface area contributed by atoms with Gasteiger partial charge in [0.25, 0.3) is 5.91 Å². The van der Waals surface area contributed by atoms with Gasteiger partial charge in [-0.15, -0.1) is 0 Å². The summed E-state index contributed by atoms with van der Waals surface area (Å²) in [5, 5.41) is 0. The SMILES string of the molecule is COc1ccc(C(=O)N2CCCC[C@@H]2C(C)=O)cc1. The molecule has 1 atom stereocenters. The van der Waals surface area contributed by atoms with Gasteiger partial charge in [-0.25, -0.2) is 0 Å². The van der Waals surface area contributed by atoms with Crippen molar-refractivity contribution in [3.8, 4) is 5.75 Å². The molecule has 1 heterocycles. The molecule has 1 amide bonds. The van der Waals surface area contributed by atoms with Crippen molar-refractivity contribution in [1.82, 2.24) is 4.90 Å². The Morgan fingerprint density at radius 1 is 1.21 bits per heavy atom. The fourth-order valence-electron chi connectivity index (χ4n) is 2.50. The number of likely N-dealkylation sites (tertiary alicyclic amines) is 1. The number of nitrogens with zero attached hydrogens (tertiary/aromatic N) is 1. The van der Waals surface area contributed by atoms with Gasteiger partial charge in [0.15, 0.2) is 5.78 Å². The van der Waals surface area contributed by atoms with Gasteiger partial charge in [0, 0.05) is 12.1 Å². The standard InChI is InChI=1S/C15H19NO3/c1-11(17)14-5-3-4-10-16(14)15(18)12-6-8-13(19-2)9-7-12/h6-9,14H,3-5,10H2,1-2H3/t14-/m1/s1. The van der Waals surface area contributed by atoms with E-state index in [1.54, 1.807) is 43.2 Å². The second kappa shape index (κ2) is 5.87. The van der Waals surface area contributed by atoms with Gasteiger partial charge in [0.05, 0.1) is 13.2 Å². The van der Waals surface area contributed by atoms with Gasteiger partial charge in [-0.1, -0.05) is 0 Å². The molecule has 0 radical (unpaired) electrons. The summed E-state index contributed by atoms with van der Waals surface area (Å²) in [4.78, 5) is 25.8. The van der Waals surface area contributed by atoms with Gasteiger partial charge in [0.2, 0.25) is 0 Å². The van der Waals surface area contributed by atoms with Crippen LogP contribution in [0.15, 0.2) is 24.3 Å². The maximum atomic E-state index is 12.4. The first-order valence-corrected chi connectivity index (χ1v) is 6.59. The van der Waals surface area contributed by atoms with Crippen LogP contribution in [0.4, 0.5) is 0 Å². The molecule has 1 aromatic carbocycles. The summed E-state index contributed by atoms with van der Waals surface area (Å²) in [6.07, 6.45) is 2.75. The van der Waals surface area contributed by atoms with Gasteiger partial charge < -0.3 is 9.64 Å². The summed E-state index contributed by atoms with van der Waals surface area (Å²) < 4.78 is 5.07. The molecule has 0 unspecified atom stereocenters. The van der Waals surface area contributed by atoms with E-state index in [-0.39, 0.29) is 17.7 Å². The van der Waals surface area contributed by atoms with E-state index >= 15 is 0 Å². The molecule has 1 aliphatic heterocycles. The van der Waals surface area contributed by atoms with E-state index in [1.807, 2.05) is 0 Å². The van der Waals surface area contributed by atoms with Gasteiger partial charge in [-0.05, 0) is 50.5 Å². The van der Waals surface area contributed by atoms with Crippen LogP contribution in [0.3, 0.4) is 0 Å². The number of ketones is 1. The van der Waals surface area contributed by atoms with Gasteiger partial charge in [-0.3, -0.25) is 9.59 Å². The average Bonchev–Trinajstić information content (AvgIpc) is 2.46. The molecule has 102 valence electrons. The van der Waals surface area contributed by atoms with E-state index in [0.29, 0.717) is 12.1 Å². The third-order valence-corrected chi connectivity index (χ3v) is 3.57. The zero-order valence-corrected chi connectivity index (χ0v) is 11.4. The lowest BCUT2D eigenvalue weighted by molar-refractivity contribution is -0.122. The van der Waals surface area contributed by atoms with Gasteiger partial charge in [-0.2, -0.15) is 0 Å². The highest BCUT2D eigenvalue weighted by Gasteiger charge is 2.30. The van der Waals surface area contributed by atoms with Crippen molar-refractivity contribution in [2.75, 3.05) is 13.7 Å². The van der Waals surface area contributed by atoms with Crippen molar-refractivity contribution in [2.45, 2.75) is 32.2 Å². The second-order valence-corrected chi connectivity index (χ2v) is 4.85. The Labute approximate surface area is 113 Å². The van der Waals surface area contributed by atoms with Crippen LogP contribution in [0, 0.1) is 0 Å². The fourth-order valence-corrected chi connectivity index (χ4v) is 2.50. The third kappa shape index (κ3) is 2.95. The molecule has 1 aromatic rings. The smallest absolute Gasteiger partial charge is 0.254 e. The van der Waals surface area contributed by atoms with Crippen molar-refractivity contribution < 1.29 is 14.3 Å². The molecule has 0 saturated carbocycles. The predicted molar refractivity (Wildman–Crippen MR) is 72.4 cm³/mol. The van der Waals surface area contributed by atoms with Gasteiger partial charge in [0.1, 0.15) is 5.75 Å². The van der Waals surface area contributed by atoms with E-state index in [9.17, 15) is 9.59 Å². The highest BCUT2D eigenvalue weighted by molar-refractivity contribution is 5.97. The van der Waals surface area contributed by atoms with Crippen LogP contribution in [0.5, 0.6) is 5.75 Å². The normalized spacial score (nSPS) is 19.1. The van der Waals surface area contributed by atoms with Crippen molar-refractivity contribution >= 4 is 11.7 Å². The van der Waals surface area contributed by atoms with Gasteiger partial charge >= 0.3 is 0 Å². The lowest BCUT2D eigenvalue weighted by Gasteiger charge is -2.34. The molecular weight excluding hydrogens is 242 g/mol. The van der Waals surface area contributed by atoms with Crippen molar-refractivity contribution in [3.63, 3.8) is 0 Å². The molecule has 1 fully saturated rings. The number of ether oxygens (including phenoxy) is 1. The maximum absolute atomic E-state index is 12.4. The first kappa shape index (κ1) is 13.6. The minimum absolute atomic E-state index is 0.0671. The van der Waals surface area contributed by atoms with Crippen molar-refractivity contribution in [2.24, 2.45) is 0 Å². The molecule has 1 saturated heterocycles. The fraction of sp³-hybridized carbons (Fsp3) is 0.467. The molecule has 0 aliphatic carbocycles. The first-order chi connectivity index (χ1) is 9.13. The number of amides is 1. The van der Waals surface area contributed by atoms with Crippen molar-refractivity contribution in [3.05, 3.63) is 29.8 Å². The van der Waals surface area contributed by atoms with Crippen LogP contribution in [-0.4, -0.2) is 36.3 Å². The summed E-state index contributed by atoms with van der Waals surface area (Å²) in [6, 6.07) is 6.75. The molecule has 2 rings (SSSR count). The summed E-state index contributed by atoms with van der Waals surface area (Å²) >= 11 is 0. The molecule has 0 spiro atoms. The van der Waals surface area contributed by atoms with E-state index < -0.39 is 0 Å². The topological polar surface area (TPSA) is 46.6 Å². The minimum Gasteiger partial charge on any atom is -0.497 e. The first-order valence-electron chi connectivity index (χ1n) is 6.59. The largest absolute Gasteiger partial charge is 0.497 e. The third-order valence-electron chi connectivity index (χ3n) is 3.57. The zero-order valence-electron chi connectivity index (χ0n) is 11.4. The average molecular weight is 261 g/mol. The Bertz CT molecular complexity index is 467. The van der Waals surface area contributed by atoms with Crippen LogP contribution >= 0.6 is 0 Å². The Morgan fingerprint density at radius 2 is 1.89 bits per heavy atom. The van der Waals surface area contributed by atoms with Crippen LogP contribution in [0.25, 0.3) is 0 Å². The van der Waals surface area contributed by atoms with Crippen LogP contribution in [0.2, 0.25) is 0 Å². The van der Waals surface area contributed by atoms with E-state index in [2.05, 4.69) is 0 Å². The van der Waals surface area contributed by atoms with Crippen LogP contribution in [0.1, 0.15) is 36.5 Å². The molecule has 4 heteroatoms. The van der Waals surface area contributed by atoms with Crippen molar-refractivity contribution in [1.29, 1.82) is 0 Å². The molecule has 1 aliphatic rings. The molecule has 0 aromatic heterocycles. The Balaban J connectivity index is 2.18. The summed E-state index contributed by atoms with van der Waals surface area (Å²) in [5.74, 6) is 0.724. The Kier molecular flexibility index (Phi) is 4.20. The monoisotopic (exact) mass is 261 g/mol. The summed E-state index contributed by atoms with van der Waals surface area (Å²) in [6.45, 7) is 2.22. The van der Waals surface area contributed by atoms with E-state index in [0.717, 1.165) is 25.0 Å². The number of Topliss-reactive ketones (excluding diaryl/α,β-unsaturated/α-hetero) is 1. The number of hydrogen-bond acceptors (Lipinski definition) is 3. The lowest BCUT2D eigenvalue weighted by Crippen LogP contribution is -2.47. The van der Waals surface area contributed by atoms with E-state index in [1.165, 1.54) is 0 Å². The number of piperidine rings is 1. The number of rotatable bonds is 3. The minimum atomic E-state index is -0.261. The summed E-state index contributed by atoms with van der Waals surface area (Å²) in [7, 11) is 1.59. The molecular formula is C15H19NO3. The number of benzene rings is 1. The maximum Gasteiger partial charge on any atom is 0.254 e. The highest BCUT2D eigenvalue weighted by Crippen LogP contribution is 2.21. The molecule has 19 heavy (non-hydrogen) atoms. The number of carbonyl (C=O) groups is 2. The molecule has 0 N–H and O–H groups in total. The Hall–Kier alpha value is -1.84. The summed E-state index contributed by atoms with van der Waals surface area (Å²) in [5.41, 5.74) is 0.606. The lowest BCUT2D eigenvalue weighted by atomic mass is 9.98. The second-order valence-electron chi connectivity index (χ2n) is 4.85. The number of hydrogen-bond donors (Lipinski definition) is 0. The predicted octanol–water partition coefficient (Wildman–Crippen LogP) is 2.28. The van der Waals surface area contributed by atoms with Crippen LogP contribution in [-0.2, 0) is 4.79 Å². The molecule has 0 bridgehead atoms. The zero-order chi connectivity index (χ0) is 13.8. The molecule has 4 nitrogen and oxygen atoms in total.